The Morgan fingerprint density at radius 2 is 1.95 bits per heavy atom. The smallest absolute Gasteiger partial charge is 0.257 e. The van der Waals surface area contributed by atoms with E-state index in [-0.39, 0.29) is 5.91 Å². The Hall–Kier alpha value is -4.42. The number of benzene rings is 1. The summed E-state index contributed by atoms with van der Waals surface area (Å²) >= 11 is 0. The first kappa shape index (κ1) is 29.1. The van der Waals surface area contributed by atoms with E-state index >= 15 is 0 Å². The molecule has 1 aliphatic heterocycles. The number of ether oxygens (including phenoxy) is 3. The Bertz CT molecular complexity index is 1580. The first-order valence-corrected chi connectivity index (χ1v) is 13.9. The molecule has 0 bridgehead atoms. The lowest BCUT2D eigenvalue weighted by Crippen LogP contribution is -2.20. The second-order valence-corrected chi connectivity index (χ2v) is 10.4. The highest BCUT2D eigenvalue weighted by Crippen LogP contribution is 2.33. The summed E-state index contributed by atoms with van der Waals surface area (Å²) in [5, 5.41) is 10.9. The number of methoxy groups -OCH3 is 2. The quantitative estimate of drug-likeness (QED) is 0.260. The molecule has 4 aromatic rings. The van der Waals surface area contributed by atoms with Crippen molar-refractivity contribution in [3.63, 3.8) is 0 Å². The van der Waals surface area contributed by atoms with Crippen molar-refractivity contribution < 1.29 is 19.0 Å². The summed E-state index contributed by atoms with van der Waals surface area (Å²) in [6.07, 6.45) is 5.16. The first-order chi connectivity index (χ1) is 20.3. The van der Waals surface area contributed by atoms with Crippen LogP contribution >= 0.6 is 0 Å². The standard InChI is InChI=1S/C30H38N8O4/c1-19-27(20(2)38(35-19)14-15-40-5)33-29(39)23-11-12-37-25(23)10-7-21-18-31-30(34-28(21)37)32-24-9-8-22(17-26(24)41-6)42-16-13-36(3)4/h8-9,11-12,17-18H,7,10,13-16H2,1-6H3,(H,33,39)(H,31,32,34). The van der Waals surface area contributed by atoms with Crippen LogP contribution in [0, 0.1) is 13.8 Å². The van der Waals surface area contributed by atoms with Crippen LogP contribution in [0.25, 0.3) is 5.82 Å². The van der Waals surface area contributed by atoms with Gasteiger partial charge in [0, 0.05) is 43.4 Å². The van der Waals surface area contributed by atoms with Gasteiger partial charge in [0.05, 0.1) is 48.6 Å². The van der Waals surface area contributed by atoms with Crippen LogP contribution in [0.2, 0.25) is 0 Å². The fourth-order valence-electron chi connectivity index (χ4n) is 5.01. The molecule has 0 spiro atoms. The maximum Gasteiger partial charge on any atom is 0.257 e. The average Bonchev–Trinajstić information content (AvgIpc) is 3.53. The number of carbonyl (C=O) groups is 1. The van der Waals surface area contributed by atoms with Gasteiger partial charge in [0.15, 0.2) is 0 Å². The molecule has 12 nitrogen and oxygen atoms in total. The highest BCUT2D eigenvalue weighted by Gasteiger charge is 2.25. The number of hydrogen-bond donors (Lipinski definition) is 2. The van der Waals surface area contributed by atoms with Crippen LogP contribution in [0.1, 0.15) is 33.0 Å². The van der Waals surface area contributed by atoms with Crippen molar-refractivity contribution in [3.8, 4) is 17.3 Å². The van der Waals surface area contributed by atoms with Gasteiger partial charge in [-0.15, -0.1) is 0 Å². The lowest BCUT2D eigenvalue weighted by atomic mass is 10.0. The average molecular weight is 575 g/mol. The van der Waals surface area contributed by atoms with Crippen molar-refractivity contribution in [1.29, 1.82) is 0 Å². The van der Waals surface area contributed by atoms with Gasteiger partial charge in [0.1, 0.15) is 23.9 Å². The largest absolute Gasteiger partial charge is 0.494 e. The molecule has 42 heavy (non-hydrogen) atoms. The molecule has 0 radical (unpaired) electrons. The number of rotatable bonds is 12. The van der Waals surface area contributed by atoms with Gasteiger partial charge < -0.3 is 34.3 Å². The molecule has 3 aromatic heterocycles. The van der Waals surface area contributed by atoms with Crippen LogP contribution in [0.4, 0.5) is 17.3 Å². The molecular formula is C30H38N8O4. The number of hydrogen-bond acceptors (Lipinski definition) is 9. The molecule has 0 saturated carbocycles. The number of anilines is 3. The third-order valence-electron chi connectivity index (χ3n) is 7.29. The minimum absolute atomic E-state index is 0.172. The van der Waals surface area contributed by atoms with E-state index in [1.807, 2.05) is 73.9 Å². The van der Waals surface area contributed by atoms with Crippen molar-refractivity contribution >= 4 is 23.2 Å². The SMILES string of the molecule is COCCn1nc(C)c(NC(=O)c2ccn3c2CCc2cnc(Nc4ccc(OCCN(C)C)cc4OC)nc2-3)c1C. The monoisotopic (exact) mass is 574 g/mol. The second-order valence-electron chi connectivity index (χ2n) is 10.4. The highest BCUT2D eigenvalue weighted by atomic mass is 16.5. The van der Waals surface area contributed by atoms with Crippen LogP contribution in [0.5, 0.6) is 11.5 Å². The van der Waals surface area contributed by atoms with E-state index < -0.39 is 0 Å². The summed E-state index contributed by atoms with van der Waals surface area (Å²) in [6, 6.07) is 7.46. The molecule has 0 atom stereocenters. The van der Waals surface area contributed by atoms with E-state index in [2.05, 4.69) is 25.6 Å². The third-order valence-corrected chi connectivity index (χ3v) is 7.29. The van der Waals surface area contributed by atoms with E-state index in [4.69, 9.17) is 19.2 Å². The van der Waals surface area contributed by atoms with Crippen LogP contribution in [-0.2, 0) is 24.1 Å². The van der Waals surface area contributed by atoms with Crippen LogP contribution in [-0.4, -0.2) is 83.2 Å². The van der Waals surface area contributed by atoms with E-state index in [1.165, 1.54) is 0 Å². The molecule has 1 aromatic carbocycles. The number of likely N-dealkylation sites (N-methyl/N-ethyl adjacent to an activating group) is 1. The Balaban J connectivity index is 1.34. The van der Waals surface area contributed by atoms with E-state index in [1.54, 1.807) is 14.2 Å². The zero-order valence-corrected chi connectivity index (χ0v) is 25.0. The number of carbonyl (C=O) groups excluding carboxylic acids is 1. The van der Waals surface area contributed by atoms with Gasteiger partial charge >= 0.3 is 0 Å². The van der Waals surface area contributed by atoms with Gasteiger partial charge in [-0.1, -0.05) is 0 Å². The number of nitrogens with one attached hydrogen (secondary N) is 2. The lowest BCUT2D eigenvalue weighted by molar-refractivity contribution is 0.102. The van der Waals surface area contributed by atoms with Crippen molar-refractivity contribution in [3.05, 3.63) is 64.9 Å². The normalized spacial score (nSPS) is 12.2. The third kappa shape index (κ3) is 6.09. The lowest BCUT2D eigenvalue weighted by Gasteiger charge is -2.20. The molecule has 12 heteroatoms. The predicted molar refractivity (Wildman–Crippen MR) is 161 cm³/mol. The number of aryl methyl sites for hydroxylation is 2. The highest BCUT2D eigenvalue weighted by molar-refractivity contribution is 6.06. The molecule has 0 fully saturated rings. The van der Waals surface area contributed by atoms with Gasteiger partial charge in [-0.3, -0.25) is 9.48 Å². The molecule has 5 rings (SSSR count). The Morgan fingerprint density at radius 3 is 2.71 bits per heavy atom. The van der Waals surface area contributed by atoms with Crippen molar-refractivity contribution in [2.75, 3.05) is 58.7 Å². The summed E-state index contributed by atoms with van der Waals surface area (Å²) in [4.78, 5) is 24.9. The van der Waals surface area contributed by atoms with Crippen molar-refractivity contribution in [2.24, 2.45) is 0 Å². The van der Waals surface area contributed by atoms with Crippen LogP contribution in [0.3, 0.4) is 0 Å². The molecule has 2 N–H and O–H groups in total. The first-order valence-electron chi connectivity index (χ1n) is 13.9. The van der Waals surface area contributed by atoms with E-state index in [9.17, 15) is 4.79 Å². The number of nitrogens with zero attached hydrogens (tertiary/aromatic N) is 6. The Morgan fingerprint density at radius 1 is 1.12 bits per heavy atom. The molecule has 1 aliphatic rings. The van der Waals surface area contributed by atoms with E-state index in [0.717, 1.165) is 58.6 Å². The number of fused-ring (bicyclic) bond motifs is 3. The van der Waals surface area contributed by atoms with Crippen molar-refractivity contribution in [1.82, 2.24) is 29.2 Å². The summed E-state index contributed by atoms with van der Waals surface area (Å²) in [5.41, 5.74) is 5.64. The van der Waals surface area contributed by atoms with E-state index in [0.29, 0.717) is 43.4 Å². The topological polar surface area (TPSA) is 121 Å². The predicted octanol–water partition coefficient (Wildman–Crippen LogP) is 3.77. The fourth-order valence-corrected chi connectivity index (χ4v) is 5.01. The summed E-state index contributed by atoms with van der Waals surface area (Å²) < 4.78 is 20.4. The maximum absolute atomic E-state index is 13.4. The molecule has 0 saturated heterocycles. The maximum atomic E-state index is 13.4. The molecule has 0 unspecified atom stereocenters. The summed E-state index contributed by atoms with van der Waals surface area (Å²) in [5.74, 6) is 2.34. The minimum Gasteiger partial charge on any atom is -0.494 e. The summed E-state index contributed by atoms with van der Waals surface area (Å²) in [7, 11) is 7.28. The number of amides is 1. The Labute approximate surface area is 245 Å². The Kier molecular flexibility index (Phi) is 8.74. The van der Waals surface area contributed by atoms with Crippen LogP contribution < -0.4 is 20.1 Å². The van der Waals surface area contributed by atoms with Crippen molar-refractivity contribution in [2.45, 2.75) is 33.2 Å². The second kappa shape index (κ2) is 12.6. The van der Waals surface area contributed by atoms with Crippen LogP contribution in [0.15, 0.2) is 36.7 Å². The molecule has 222 valence electrons. The molecular weight excluding hydrogens is 536 g/mol. The van der Waals surface area contributed by atoms with Gasteiger partial charge in [-0.25, -0.2) is 4.98 Å². The van der Waals surface area contributed by atoms with Gasteiger partial charge in [-0.05, 0) is 59.0 Å². The molecule has 1 amide bonds. The van der Waals surface area contributed by atoms with Gasteiger partial charge in [0.2, 0.25) is 5.95 Å². The zero-order valence-electron chi connectivity index (χ0n) is 25.0. The van der Waals surface area contributed by atoms with Gasteiger partial charge in [0.25, 0.3) is 5.91 Å². The minimum atomic E-state index is -0.172. The van der Waals surface area contributed by atoms with Gasteiger partial charge in [-0.2, -0.15) is 10.1 Å². The zero-order chi connectivity index (χ0) is 29.8. The number of aromatic nitrogens is 5. The molecule has 4 heterocycles. The molecule has 0 aliphatic carbocycles. The summed E-state index contributed by atoms with van der Waals surface area (Å²) in [6.45, 7) is 6.40. The fraction of sp³-hybridized carbons (Fsp3) is 0.400.